The van der Waals surface area contributed by atoms with Gasteiger partial charge < -0.3 is 15.4 Å². The second-order valence-electron chi connectivity index (χ2n) is 5.51. The van der Waals surface area contributed by atoms with Crippen LogP contribution < -0.4 is 20.1 Å². The fourth-order valence-corrected chi connectivity index (χ4v) is 3.44. The zero-order valence-electron chi connectivity index (χ0n) is 14.8. The van der Waals surface area contributed by atoms with Crippen LogP contribution in [0.3, 0.4) is 0 Å². The van der Waals surface area contributed by atoms with E-state index < -0.39 is 10.0 Å². The normalized spacial score (nSPS) is 10.8. The summed E-state index contributed by atoms with van der Waals surface area (Å²) in [6, 6.07) is 15.1. The SMILES string of the molecule is COc1cccc(NC(=S)Nc2ccc(S(=O)(=O)Nc3ncccn3)cc2)c1. The van der Waals surface area contributed by atoms with Crippen molar-refractivity contribution in [3.8, 4) is 5.75 Å². The molecular weight excluding hydrogens is 398 g/mol. The molecule has 3 rings (SSSR count). The van der Waals surface area contributed by atoms with E-state index in [1.54, 1.807) is 31.4 Å². The van der Waals surface area contributed by atoms with Crippen LogP contribution in [0.25, 0.3) is 0 Å². The van der Waals surface area contributed by atoms with Crippen molar-refractivity contribution in [3.63, 3.8) is 0 Å². The van der Waals surface area contributed by atoms with Gasteiger partial charge in [0.2, 0.25) is 5.95 Å². The molecule has 1 aromatic heterocycles. The molecule has 8 nitrogen and oxygen atoms in total. The van der Waals surface area contributed by atoms with Crippen molar-refractivity contribution in [2.24, 2.45) is 0 Å². The van der Waals surface area contributed by atoms with Gasteiger partial charge in [-0.15, -0.1) is 0 Å². The average Bonchev–Trinajstić information content (AvgIpc) is 2.69. The highest BCUT2D eigenvalue weighted by atomic mass is 32.2. The maximum absolute atomic E-state index is 12.4. The first kappa shape index (κ1) is 19.5. The summed E-state index contributed by atoms with van der Waals surface area (Å²) in [5.74, 6) is 0.714. The number of sulfonamides is 1. The molecule has 3 N–H and O–H groups in total. The summed E-state index contributed by atoms with van der Waals surface area (Å²) >= 11 is 5.28. The second kappa shape index (κ2) is 8.63. The van der Waals surface area contributed by atoms with Gasteiger partial charge in [0.05, 0.1) is 12.0 Å². The van der Waals surface area contributed by atoms with Crippen LogP contribution in [0.2, 0.25) is 0 Å². The van der Waals surface area contributed by atoms with Gasteiger partial charge in [0, 0.05) is 29.8 Å². The Morgan fingerprint density at radius 1 is 0.964 bits per heavy atom. The molecule has 0 fully saturated rings. The van der Waals surface area contributed by atoms with E-state index in [1.807, 2.05) is 18.2 Å². The van der Waals surface area contributed by atoms with E-state index in [-0.39, 0.29) is 10.8 Å². The molecule has 0 aliphatic rings. The molecule has 144 valence electrons. The molecule has 0 unspecified atom stereocenters. The quantitative estimate of drug-likeness (QED) is 0.528. The van der Waals surface area contributed by atoms with Gasteiger partial charge in [0.1, 0.15) is 5.75 Å². The third-order valence-electron chi connectivity index (χ3n) is 3.54. The van der Waals surface area contributed by atoms with E-state index >= 15 is 0 Å². The predicted molar refractivity (Wildman–Crippen MR) is 112 cm³/mol. The number of aromatic nitrogens is 2. The molecule has 1 heterocycles. The summed E-state index contributed by atoms with van der Waals surface area (Å²) in [6.45, 7) is 0. The topological polar surface area (TPSA) is 105 Å². The van der Waals surface area contributed by atoms with Crippen molar-refractivity contribution in [3.05, 3.63) is 67.0 Å². The number of thiocarbonyl (C=S) groups is 1. The number of ether oxygens (including phenoxy) is 1. The zero-order chi connectivity index (χ0) is 20.0. The summed E-state index contributed by atoms with van der Waals surface area (Å²) < 4.78 is 32.2. The van der Waals surface area contributed by atoms with Crippen LogP contribution in [-0.2, 0) is 10.0 Å². The molecule has 10 heteroatoms. The molecule has 0 aliphatic carbocycles. The first-order valence-corrected chi connectivity index (χ1v) is 9.97. The van der Waals surface area contributed by atoms with Crippen molar-refractivity contribution in [1.29, 1.82) is 0 Å². The first-order chi connectivity index (χ1) is 13.5. The number of methoxy groups -OCH3 is 1. The Labute approximate surface area is 168 Å². The van der Waals surface area contributed by atoms with Gasteiger partial charge in [-0.2, -0.15) is 0 Å². The standard InChI is InChI=1S/C18H17N5O3S2/c1-26-15-5-2-4-14(12-15)22-18(27)21-13-6-8-16(9-7-13)28(24,25)23-17-19-10-3-11-20-17/h2-12H,1H3,(H,19,20,23)(H2,21,22,27). The molecule has 0 amide bonds. The Bertz CT molecular complexity index is 1060. The van der Waals surface area contributed by atoms with Gasteiger partial charge in [-0.25, -0.2) is 23.1 Å². The summed E-state index contributed by atoms with van der Waals surface area (Å²) in [7, 11) is -2.19. The molecule has 0 spiro atoms. The molecule has 0 bridgehead atoms. The van der Waals surface area contributed by atoms with Crippen LogP contribution in [0.15, 0.2) is 71.9 Å². The molecule has 28 heavy (non-hydrogen) atoms. The van der Waals surface area contributed by atoms with Crippen molar-refractivity contribution in [1.82, 2.24) is 9.97 Å². The third-order valence-corrected chi connectivity index (χ3v) is 5.09. The Morgan fingerprint density at radius 3 is 2.32 bits per heavy atom. The highest BCUT2D eigenvalue weighted by Gasteiger charge is 2.15. The number of benzene rings is 2. The Kier molecular flexibility index (Phi) is 6.02. The minimum atomic E-state index is -3.78. The number of anilines is 3. The van der Waals surface area contributed by atoms with Crippen LogP contribution in [0.5, 0.6) is 5.75 Å². The van der Waals surface area contributed by atoms with E-state index in [1.165, 1.54) is 24.5 Å². The third kappa shape index (κ3) is 5.15. The predicted octanol–water partition coefficient (Wildman–Crippen LogP) is 3.09. The lowest BCUT2D eigenvalue weighted by molar-refractivity contribution is 0.415. The first-order valence-electron chi connectivity index (χ1n) is 8.08. The lowest BCUT2D eigenvalue weighted by Gasteiger charge is -2.12. The molecule has 0 saturated carbocycles. The minimum Gasteiger partial charge on any atom is -0.497 e. The van der Waals surface area contributed by atoms with Crippen molar-refractivity contribution in [2.45, 2.75) is 4.90 Å². The Balaban J connectivity index is 1.64. The summed E-state index contributed by atoms with van der Waals surface area (Å²) in [4.78, 5) is 7.78. The molecule has 0 aliphatic heterocycles. The molecule has 0 saturated heterocycles. The molecule has 2 aromatic carbocycles. The van der Waals surface area contributed by atoms with Crippen molar-refractivity contribution in [2.75, 3.05) is 22.5 Å². The minimum absolute atomic E-state index is 0.00775. The highest BCUT2D eigenvalue weighted by molar-refractivity contribution is 7.92. The number of nitrogens with zero attached hydrogens (tertiary/aromatic N) is 2. The summed E-state index contributed by atoms with van der Waals surface area (Å²) in [5, 5.41) is 6.39. The smallest absolute Gasteiger partial charge is 0.264 e. The summed E-state index contributed by atoms with van der Waals surface area (Å²) in [5.41, 5.74) is 1.40. The van der Waals surface area contributed by atoms with Crippen LogP contribution in [0.4, 0.5) is 17.3 Å². The lowest BCUT2D eigenvalue weighted by Crippen LogP contribution is -2.19. The van der Waals surface area contributed by atoms with Crippen LogP contribution in [0.1, 0.15) is 0 Å². The van der Waals surface area contributed by atoms with Gasteiger partial charge in [-0.1, -0.05) is 6.07 Å². The zero-order valence-corrected chi connectivity index (χ0v) is 16.4. The van der Waals surface area contributed by atoms with Gasteiger partial charge in [-0.3, -0.25) is 0 Å². The van der Waals surface area contributed by atoms with Gasteiger partial charge in [0.25, 0.3) is 10.0 Å². The van der Waals surface area contributed by atoms with Crippen molar-refractivity contribution < 1.29 is 13.2 Å². The second-order valence-corrected chi connectivity index (χ2v) is 7.60. The molecule has 3 aromatic rings. The van der Waals surface area contributed by atoms with Crippen molar-refractivity contribution >= 4 is 44.7 Å². The van der Waals surface area contributed by atoms with E-state index in [9.17, 15) is 8.42 Å². The maximum Gasteiger partial charge on any atom is 0.264 e. The van der Waals surface area contributed by atoms with Crippen LogP contribution in [0, 0.1) is 0 Å². The number of nitrogens with one attached hydrogen (secondary N) is 3. The maximum atomic E-state index is 12.4. The molecule has 0 radical (unpaired) electrons. The fraction of sp³-hybridized carbons (Fsp3) is 0.0556. The number of hydrogen-bond donors (Lipinski definition) is 3. The fourth-order valence-electron chi connectivity index (χ4n) is 2.24. The van der Waals surface area contributed by atoms with Gasteiger partial charge >= 0.3 is 0 Å². The monoisotopic (exact) mass is 415 g/mol. The highest BCUT2D eigenvalue weighted by Crippen LogP contribution is 2.19. The Morgan fingerprint density at radius 2 is 1.64 bits per heavy atom. The average molecular weight is 416 g/mol. The molecular formula is C18H17N5O3S2. The van der Waals surface area contributed by atoms with E-state index in [0.717, 1.165) is 5.69 Å². The molecule has 0 atom stereocenters. The summed E-state index contributed by atoms with van der Waals surface area (Å²) in [6.07, 6.45) is 2.91. The lowest BCUT2D eigenvalue weighted by atomic mass is 10.3. The van der Waals surface area contributed by atoms with E-state index in [4.69, 9.17) is 17.0 Å². The van der Waals surface area contributed by atoms with Crippen LogP contribution in [-0.4, -0.2) is 30.6 Å². The number of hydrogen-bond acceptors (Lipinski definition) is 6. The van der Waals surface area contributed by atoms with Gasteiger partial charge in [-0.05, 0) is 54.7 Å². The largest absolute Gasteiger partial charge is 0.497 e. The van der Waals surface area contributed by atoms with E-state index in [2.05, 4.69) is 25.3 Å². The Hall–Kier alpha value is -3.24. The van der Waals surface area contributed by atoms with Crippen LogP contribution >= 0.6 is 12.2 Å². The van der Waals surface area contributed by atoms with Gasteiger partial charge in [0.15, 0.2) is 5.11 Å². The van der Waals surface area contributed by atoms with E-state index in [0.29, 0.717) is 16.5 Å². The number of rotatable bonds is 6.